The fourth-order valence-electron chi connectivity index (χ4n) is 1.89. The quantitative estimate of drug-likeness (QED) is 0.645. The average Bonchev–Trinajstić information content (AvgIpc) is 2.24. The molecule has 4 heteroatoms. The van der Waals surface area contributed by atoms with Gasteiger partial charge in [-0.05, 0) is 37.1 Å². The molecule has 1 aromatic carbocycles. The zero-order valence-corrected chi connectivity index (χ0v) is 11.8. The van der Waals surface area contributed by atoms with E-state index in [4.69, 9.17) is 34.8 Å². The molecule has 1 aliphatic carbocycles. The van der Waals surface area contributed by atoms with Crippen LogP contribution in [0.5, 0.6) is 0 Å². The molecule has 0 nitrogen and oxygen atoms in total. The Hall–Kier alpha value is 0.440. The Morgan fingerprint density at radius 1 is 1.12 bits per heavy atom. The summed E-state index contributed by atoms with van der Waals surface area (Å²) in [6.45, 7) is 0. The van der Waals surface area contributed by atoms with Crippen molar-refractivity contribution in [2.24, 2.45) is 0 Å². The van der Waals surface area contributed by atoms with Gasteiger partial charge in [0.15, 0.2) is 0 Å². The first-order valence-electron chi connectivity index (χ1n) is 5.38. The standard InChI is InChI=1S/C12H13Cl3S/c13-9-4-6-10(7-5-9)16-11-3-1-2-8-12(11,14)15/h4-7,11H,1-3,8H2. The monoisotopic (exact) mass is 294 g/mol. The highest BCUT2D eigenvalue weighted by Gasteiger charge is 2.37. The number of hydrogen-bond donors (Lipinski definition) is 0. The van der Waals surface area contributed by atoms with Gasteiger partial charge in [0.05, 0.1) is 0 Å². The van der Waals surface area contributed by atoms with Crippen LogP contribution in [0.15, 0.2) is 29.2 Å². The highest BCUT2D eigenvalue weighted by Crippen LogP contribution is 2.46. The molecule has 88 valence electrons. The van der Waals surface area contributed by atoms with Gasteiger partial charge in [0.2, 0.25) is 0 Å². The Morgan fingerprint density at radius 3 is 2.44 bits per heavy atom. The van der Waals surface area contributed by atoms with Gasteiger partial charge in [0.25, 0.3) is 0 Å². The zero-order chi connectivity index (χ0) is 11.6. The van der Waals surface area contributed by atoms with Gasteiger partial charge in [-0.15, -0.1) is 35.0 Å². The first kappa shape index (κ1) is 12.9. The number of benzene rings is 1. The minimum atomic E-state index is -0.581. The lowest BCUT2D eigenvalue weighted by Crippen LogP contribution is -2.31. The van der Waals surface area contributed by atoms with Crippen LogP contribution < -0.4 is 0 Å². The molecule has 1 saturated carbocycles. The molecule has 2 rings (SSSR count). The first-order chi connectivity index (χ1) is 7.58. The maximum atomic E-state index is 6.34. The van der Waals surface area contributed by atoms with Crippen molar-refractivity contribution in [3.05, 3.63) is 29.3 Å². The van der Waals surface area contributed by atoms with Crippen molar-refractivity contribution in [3.8, 4) is 0 Å². The van der Waals surface area contributed by atoms with Crippen LogP contribution in [0.25, 0.3) is 0 Å². The van der Waals surface area contributed by atoms with Gasteiger partial charge in [-0.1, -0.05) is 24.4 Å². The molecular formula is C12H13Cl3S. The van der Waals surface area contributed by atoms with Crippen molar-refractivity contribution in [1.82, 2.24) is 0 Å². The van der Waals surface area contributed by atoms with E-state index in [1.807, 2.05) is 24.3 Å². The summed E-state index contributed by atoms with van der Waals surface area (Å²) in [4.78, 5) is 1.18. The molecule has 1 unspecified atom stereocenters. The topological polar surface area (TPSA) is 0 Å². The number of thioether (sulfide) groups is 1. The predicted molar refractivity (Wildman–Crippen MR) is 74.0 cm³/mol. The maximum absolute atomic E-state index is 6.34. The molecule has 0 N–H and O–H groups in total. The van der Waals surface area contributed by atoms with E-state index in [1.165, 1.54) is 11.3 Å². The van der Waals surface area contributed by atoms with Crippen molar-refractivity contribution in [1.29, 1.82) is 0 Å². The lowest BCUT2D eigenvalue weighted by atomic mass is 9.99. The van der Waals surface area contributed by atoms with Gasteiger partial charge < -0.3 is 0 Å². The van der Waals surface area contributed by atoms with E-state index in [2.05, 4.69) is 0 Å². The van der Waals surface area contributed by atoms with Gasteiger partial charge in [-0.2, -0.15) is 0 Å². The molecule has 0 spiro atoms. The fraction of sp³-hybridized carbons (Fsp3) is 0.500. The van der Waals surface area contributed by atoms with E-state index in [1.54, 1.807) is 11.8 Å². The second-order valence-corrected chi connectivity index (χ2v) is 7.32. The summed E-state index contributed by atoms with van der Waals surface area (Å²) < 4.78 is -0.581. The van der Waals surface area contributed by atoms with E-state index >= 15 is 0 Å². The molecule has 1 aromatic rings. The van der Waals surface area contributed by atoms with Crippen LogP contribution in [-0.4, -0.2) is 9.58 Å². The van der Waals surface area contributed by atoms with Crippen molar-refractivity contribution < 1.29 is 0 Å². The molecule has 0 heterocycles. The zero-order valence-electron chi connectivity index (χ0n) is 8.76. The Bertz CT molecular complexity index is 348. The molecular weight excluding hydrogens is 283 g/mol. The van der Waals surface area contributed by atoms with Crippen molar-refractivity contribution >= 4 is 46.6 Å². The van der Waals surface area contributed by atoms with Crippen molar-refractivity contribution in [2.75, 3.05) is 0 Å². The highest BCUT2D eigenvalue weighted by atomic mass is 35.5. The summed E-state index contributed by atoms with van der Waals surface area (Å²) >= 11 is 20.3. The van der Waals surface area contributed by atoms with Crippen LogP contribution in [0.3, 0.4) is 0 Å². The van der Waals surface area contributed by atoms with Crippen LogP contribution in [0, 0.1) is 0 Å². The van der Waals surface area contributed by atoms with E-state index in [0.29, 0.717) is 0 Å². The minimum absolute atomic E-state index is 0.283. The van der Waals surface area contributed by atoms with E-state index in [0.717, 1.165) is 24.3 Å². The predicted octanol–water partition coefficient (Wildman–Crippen LogP) is 5.55. The van der Waals surface area contributed by atoms with Crippen LogP contribution in [-0.2, 0) is 0 Å². The lowest BCUT2D eigenvalue weighted by molar-refractivity contribution is 0.490. The summed E-state index contributed by atoms with van der Waals surface area (Å²) in [6, 6.07) is 7.84. The van der Waals surface area contributed by atoms with Crippen molar-refractivity contribution in [3.63, 3.8) is 0 Å². The molecule has 16 heavy (non-hydrogen) atoms. The second kappa shape index (κ2) is 5.39. The largest absolute Gasteiger partial charge is 0.130 e. The average molecular weight is 296 g/mol. The SMILES string of the molecule is Clc1ccc(SC2CCCCC2(Cl)Cl)cc1. The van der Waals surface area contributed by atoms with Crippen LogP contribution in [0.1, 0.15) is 25.7 Å². The number of halogens is 3. The van der Waals surface area contributed by atoms with Gasteiger partial charge in [0, 0.05) is 15.2 Å². The Balaban J connectivity index is 2.05. The maximum Gasteiger partial charge on any atom is 0.130 e. The normalized spacial score (nSPS) is 24.3. The molecule has 1 fully saturated rings. The Morgan fingerprint density at radius 2 is 1.81 bits per heavy atom. The summed E-state index contributed by atoms with van der Waals surface area (Å²) in [5.41, 5.74) is 0. The van der Waals surface area contributed by atoms with Crippen LogP contribution in [0.2, 0.25) is 5.02 Å². The smallest absolute Gasteiger partial charge is 0.120 e. The molecule has 0 saturated heterocycles. The number of alkyl halides is 2. The Kier molecular flexibility index (Phi) is 4.34. The highest BCUT2D eigenvalue weighted by molar-refractivity contribution is 8.00. The first-order valence-corrected chi connectivity index (χ1v) is 7.39. The van der Waals surface area contributed by atoms with Crippen LogP contribution in [0.4, 0.5) is 0 Å². The second-order valence-electron chi connectivity index (χ2n) is 4.07. The summed E-state index contributed by atoms with van der Waals surface area (Å²) in [5.74, 6) is 0. The summed E-state index contributed by atoms with van der Waals surface area (Å²) in [7, 11) is 0. The number of rotatable bonds is 2. The molecule has 0 radical (unpaired) electrons. The molecule has 0 aromatic heterocycles. The fourth-order valence-corrected chi connectivity index (χ4v) is 3.96. The van der Waals surface area contributed by atoms with Gasteiger partial charge in [0.1, 0.15) is 4.33 Å². The molecule has 1 atom stereocenters. The van der Waals surface area contributed by atoms with E-state index in [-0.39, 0.29) is 5.25 Å². The van der Waals surface area contributed by atoms with Gasteiger partial charge in [-0.3, -0.25) is 0 Å². The third-order valence-electron chi connectivity index (χ3n) is 2.79. The van der Waals surface area contributed by atoms with Gasteiger partial charge in [-0.25, -0.2) is 0 Å². The minimum Gasteiger partial charge on any atom is -0.120 e. The van der Waals surface area contributed by atoms with Crippen molar-refractivity contribution in [2.45, 2.75) is 40.2 Å². The summed E-state index contributed by atoms with van der Waals surface area (Å²) in [5, 5.41) is 1.04. The van der Waals surface area contributed by atoms with Gasteiger partial charge >= 0.3 is 0 Å². The molecule has 0 amide bonds. The Labute approximate surface area is 116 Å². The van der Waals surface area contributed by atoms with E-state index in [9.17, 15) is 0 Å². The third kappa shape index (κ3) is 3.22. The number of hydrogen-bond acceptors (Lipinski definition) is 1. The van der Waals surface area contributed by atoms with Crippen LogP contribution >= 0.6 is 46.6 Å². The summed E-state index contributed by atoms with van der Waals surface area (Å²) in [6.07, 6.45) is 4.32. The third-order valence-corrected chi connectivity index (χ3v) is 5.67. The van der Waals surface area contributed by atoms with E-state index < -0.39 is 4.33 Å². The lowest BCUT2D eigenvalue weighted by Gasteiger charge is -2.33. The molecule has 0 aliphatic heterocycles. The molecule has 0 bridgehead atoms. The molecule has 1 aliphatic rings.